The third-order valence-electron chi connectivity index (χ3n) is 4.79. The second-order valence-electron chi connectivity index (χ2n) is 7.69. The molecule has 0 saturated carbocycles. The van der Waals surface area contributed by atoms with Crippen molar-refractivity contribution in [3.63, 3.8) is 0 Å². The van der Waals surface area contributed by atoms with Gasteiger partial charge in [0.25, 0.3) is 0 Å². The number of halogens is 1. The summed E-state index contributed by atoms with van der Waals surface area (Å²) in [5, 5.41) is 5.78. The lowest BCUT2D eigenvalue weighted by atomic mass is 10.1. The summed E-state index contributed by atoms with van der Waals surface area (Å²) < 4.78 is 21.8. The Bertz CT molecular complexity index is 894. The fourth-order valence-corrected chi connectivity index (χ4v) is 3.16. The number of hydrogen-bond acceptors (Lipinski definition) is 6. The number of rotatable bonds is 12. The quantitative estimate of drug-likeness (QED) is 0.450. The van der Waals surface area contributed by atoms with E-state index in [1.165, 1.54) is 14.2 Å². The predicted octanol–water partition coefficient (Wildman–Crippen LogP) is 3.84. The molecule has 33 heavy (non-hydrogen) atoms. The van der Waals surface area contributed by atoms with Crippen molar-refractivity contribution < 1.29 is 28.5 Å². The van der Waals surface area contributed by atoms with Gasteiger partial charge in [-0.15, -0.1) is 0 Å². The number of ether oxygens (including phenoxy) is 4. The maximum Gasteiger partial charge on any atom is 0.407 e. The molecular formula is C24H31ClN2O6. The fraction of sp³-hybridized carbons (Fsp3) is 0.417. The molecule has 2 aromatic carbocycles. The Morgan fingerprint density at radius 3 is 2.30 bits per heavy atom. The topological polar surface area (TPSA) is 95.1 Å². The molecule has 0 heterocycles. The SMILES string of the molecule is COCC(NC(=O)OCC(OC(C)(C)OC)c1ccccc1Cl)C(=O)NCc1ccccc1. The monoisotopic (exact) mass is 478 g/mol. The van der Waals surface area contributed by atoms with E-state index in [1.807, 2.05) is 36.4 Å². The molecular weight excluding hydrogens is 448 g/mol. The second-order valence-corrected chi connectivity index (χ2v) is 8.09. The van der Waals surface area contributed by atoms with Crippen molar-refractivity contribution in [3.05, 3.63) is 70.7 Å². The van der Waals surface area contributed by atoms with Gasteiger partial charge in [-0.25, -0.2) is 4.79 Å². The maximum absolute atomic E-state index is 12.6. The Labute approximate surface area is 199 Å². The Kier molecular flexibility index (Phi) is 10.6. The van der Waals surface area contributed by atoms with Crippen LogP contribution in [0.5, 0.6) is 0 Å². The molecule has 0 bridgehead atoms. The average molecular weight is 479 g/mol. The molecule has 0 aliphatic carbocycles. The summed E-state index contributed by atoms with van der Waals surface area (Å²) in [5.41, 5.74) is 1.58. The van der Waals surface area contributed by atoms with E-state index in [4.69, 9.17) is 30.5 Å². The number of hydrogen-bond donors (Lipinski definition) is 2. The van der Waals surface area contributed by atoms with Gasteiger partial charge in [-0.3, -0.25) is 4.79 Å². The molecule has 0 spiro atoms. The molecule has 2 rings (SSSR count). The molecule has 2 unspecified atom stereocenters. The van der Waals surface area contributed by atoms with Gasteiger partial charge >= 0.3 is 6.09 Å². The smallest absolute Gasteiger partial charge is 0.407 e. The van der Waals surface area contributed by atoms with Crippen LogP contribution in [0.2, 0.25) is 5.02 Å². The first-order valence-electron chi connectivity index (χ1n) is 10.5. The fourth-order valence-electron chi connectivity index (χ4n) is 2.91. The number of methoxy groups -OCH3 is 2. The first-order chi connectivity index (χ1) is 15.8. The summed E-state index contributed by atoms with van der Waals surface area (Å²) >= 11 is 6.31. The van der Waals surface area contributed by atoms with Crippen molar-refractivity contribution in [1.82, 2.24) is 10.6 Å². The van der Waals surface area contributed by atoms with Crippen LogP contribution in [0.3, 0.4) is 0 Å². The van der Waals surface area contributed by atoms with Crippen molar-refractivity contribution in [3.8, 4) is 0 Å². The van der Waals surface area contributed by atoms with Gasteiger partial charge in [-0.05, 0) is 25.5 Å². The molecule has 180 valence electrons. The van der Waals surface area contributed by atoms with Gasteiger partial charge in [-0.2, -0.15) is 0 Å². The van der Waals surface area contributed by atoms with Crippen LogP contribution >= 0.6 is 11.6 Å². The molecule has 2 N–H and O–H groups in total. The lowest BCUT2D eigenvalue weighted by Gasteiger charge is -2.30. The van der Waals surface area contributed by atoms with Crippen LogP contribution in [0.4, 0.5) is 4.79 Å². The number of alkyl carbamates (subject to hydrolysis) is 1. The van der Waals surface area contributed by atoms with Gasteiger partial charge in [0.15, 0.2) is 5.79 Å². The zero-order valence-electron chi connectivity index (χ0n) is 19.3. The van der Waals surface area contributed by atoms with E-state index in [0.717, 1.165) is 5.56 Å². The van der Waals surface area contributed by atoms with Crippen molar-refractivity contribution in [2.24, 2.45) is 0 Å². The van der Waals surface area contributed by atoms with Crippen LogP contribution in [0.25, 0.3) is 0 Å². The minimum Gasteiger partial charge on any atom is -0.446 e. The summed E-state index contributed by atoms with van der Waals surface area (Å²) in [7, 11) is 2.96. The van der Waals surface area contributed by atoms with E-state index in [-0.39, 0.29) is 13.2 Å². The maximum atomic E-state index is 12.6. The van der Waals surface area contributed by atoms with Gasteiger partial charge in [0.05, 0.1) is 6.61 Å². The summed E-state index contributed by atoms with van der Waals surface area (Å²) in [5.74, 6) is -1.34. The normalized spacial score (nSPS) is 13.1. The van der Waals surface area contributed by atoms with E-state index >= 15 is 0 Å². The highest BCUT2D eigenvalue weighted by atomic mass is 35.5. The standard InChI is InChI=1S/C24H31ClN2O6/c1-24(2,31-4)33-21(18-12-8-9-13-19(18)25)16-32-23(29)27-20(15-30-3)22(28)26-14-17-10-6-5-7-11-17/h5-13,20-21H,14-16H2,1-4H3,(H,26,28)(H,27,29). The van der Waals surface area contributed by atoms with Crippen LogP contribution in [0.15, 0.2) is 54.6 Å². The minimum absolute atomic E-state index is 0.0170. The zero-order valence-corrected chi connectivity index (χ0v) is 20.1. The minimum atomic E-state index is -0.945. The van der Waals surface area contributed by atoms with E-state index in [1.54, 1.807) is 32.0 Å². The van der Waals surface area contributed by atoms with Gasteiger partial charge < -0.3 is 29.6 Å². The number of amides is 2. The Morgan fingerprint density at radius 2 is 1.67 bits per heavy atom. The highest BCUT2D eigenvalue weighted by molar-refractivity contribution is 6.31. The van der Waals surface area contributed by atoms with Crippen LogP contribution in [0, 0.1) is 0 Å². The Morgan fingerprint density at radius 1 is 1.00 bits per heavy atom. The first kappa shape index (κ1) is 26.6. The molecule has 2 atom stereocenters. The highest BCUT2D eigenvalue weighted by Gasteiger charge is 2.28. The Balaban J connectivity index is 1.99. The van der Waals surface area contributed by atoms with E-state index in [2.05, 4.69) is 10.6 Å². The van der Waals surface area contributed by atoms with Gasteiger partial charge in [0, 0.05) is 31.4 Å². The molecule has 0 saturated heterocycles. The molecule has 2 amide bonds. The van der Waals surface area contributed by atoms with Crippen molar-refractivity contribution in [1.29, 1.82) is 0 Å². The molecule has 0 aliphatic rings. The molecule has 0 aliphatic heterocycles. The number of benzene rings is 2. The summed E-state index contributed by atoms with van der Waals surface area (Å²) in [4.78, 5) is 25.0. The summed E-state index contributed by atoms with van der Waals surface area (Å²) in [6.07, 6.45) is -1.48. The molecule has 9 heteroatoms. The van der Waals surface area contributed by atoms with Crippen LogP contribution in [0.1, 0.15) is 31.1 Å². The average Bonchev–Trinajstić information content (AvgIpc) is 2.81. The van der Waals surface area contributed by atoms with Crippen LogP contribution < -0.4 is 10.6 Å². The van der Waals surface area contributed by atoms with Crippen LogP contribution in [-0.2, 0) is 30.3 Å². The largest absolute Gasteiger partial charge is 0.446 e. The van der Waals surface area contributed by atoms with E-state index in [0.29, 0.717) is 17.1 Å². The van der Waals surface area contributed by atoms with Gasteiger partial charge in [0.1, 0.15) is 18.8 Å². The van der Waals surface area contributed by atoms with Crippen molar-refractivity contribution in [2.45, 2.75) is 38.3 Å². The third-order valence-corrected chi connectivity index (χ3v) is 5.13. The van der Waals surface area contributed by atoms with Gasteiger partial charge in [0.2, 0.25) is 5.91 Å². The first-order valence-corrected chi connectivity index (χ1v) is 10.8. The van der Waals surface area contributed by atoms with Crippen LogP contribution in [-0.4, -0.2) is 51.3 Å². The number of nitrogens with one attached hydrogen (secondary N) is 2. The highest BCUT2D eigenvalue weighted by Crippen LogP contribution is 2.30. The third kappa shape index (κ3) is 9.01. The predicted molar refractivity (Wildman–Crippen MR) is 125 cm³/mol. The lowest BCUT2D eigenvalue weighted by Crippen LogP contribution is -2.49. The Hall–Kier alpha value is -2.65. The van der Waals surface area contributed by atoms with Crippen molar-refractivity contribution >= 4 is 23.6 Å². The van der Waals surface area contributed by atoms with Gasteiger partial charge in [-0.1, -0.05) is 60.1 Å². The molecule has 0 aromatic heterocycles. The van der Waals surface area contributed by atoms with E-state index in [9.17, 15) is 9.59 Å². The number of carbonyl (C=O) groups excluding carboxylic acids is 2. The zero-order chi connectivity index (χ0) is 24.3. The molecule has 0 radical (unpaired) electrons. The van der Waals surface area contributed by atoms with E-state index < -0.39 is 29.9 Å². The van der Waals surface area contributed by atoms with Crippen molar-refractivity contribution in [2.75, 3.05) is 27.4 Å². The molecule has 0 fully saturated rings. The summed E-state index contributed by atoms with van der Waals surface area (Å²) in [6, 6.07) is 15.6. The number of carbonyl (C=O) groups is 2. The molecule has 2 aromatic rings. The summed E-state index contributed by atoms with van der Waals surface area (Å²) in [6.45, 7) is 3.64. The lowest BCUT2D eigenvalue weighted by molar-refractivity contribution is -0.231. The molecule has 8 nitrogen and oxygen atoms in total. The second kappa shape index (κ2) is 13.2.